The largest absolute Gasteiger partial charge is 0.468 e. The Balaban J connectivity index is 1.94. The molecule has 0 amide bonds. The summed E-state index contributed by atoms with van der Waals surface area (Å²) < 4.78 is 44.6. The molecule has 25 heavy (non-hydrogen) atoms. The molecule has 8 heteroatoms. The van der Waals surface area contributed by atoms with E-state index in [1.807, 2.05) is 25.1 Å². The van der Waals surface area contributed by atoms with Gasteiger partial charge in [-0.3, -0.25) is 4.90 Å². The number of alkyl halides is 3. The maximum Gasteiger partial charge on any atom is 0.451 e. The minimum atomic E-state index is -4.61. The lowest BCUT2D eigenvalue weighted by molar-refractivity contribution is -0.144. The van der Waals surface area contributed by atoms with E-state index < -0.39 is 12.0 Å². The van der Waals surface area contributed by atoms with E-state index in [0.29, 0.717) is 17.7 Å². The number of para-hydroxylation sites is 1. The second kappa shape index (κ2) is 6.72. The number of benzene rings is 1. The van der Waals surface area contributed by atoms with E-state index in [2.05, 4.69) is 15.3 Å². The molecule has 0 aliphatic carbocycles. The second-order valence-electron chi connectivity index (χ2n) is 5.79. The van der Waals surface area contributed by atoms with Gasteiger partial charge in [-0.15, -0.1) is 0 Å². The van der Waals surface area contributed by atoms with Gasteiger partial charge in [0.2, 0.25) is 5.82 Å². The average Bonchev–Trinajstić information content (AvgIpc) is 3.07. The van der Waals surface area contributed by atoms with Crippen LogP contribution in [-0.2, 0) is 6.18 Å². The summed E-state index contributed by atoms with van der Waals surface area (Å²) in [6.07, 6.45) is -3.05. The maximum atomic E-state index is 13.1. The Morgan fingerprint density at radius 2 is 1.88 bits per heavy atom. The van der Waals surface area contributed by atoms with Gasteiger partial charge in [-0.1, -0.05) is 12.1 Å². The number of hydrogen-bond acceptors (Lipinski definition) is 5. The zero-order chi connectivity index (χ0) is 18.0. The number of rotatable bonds is 5. The van der Waals surface area contributed by atoms with E-state index in [4.69, 9.17) is 4.42 Å². The Morgan fingerprint density at radius 3 is 2.52 bits per heavy atom. The van der Waals surface area contributed by atoms with Crippen LogP contribution in [0.5, 0.6) is 0 Å². The molecule has 3 rings (SSSR count). The van der Waals surface area contributed by atoms with Gasteiger partial charge in [-0.2, -0.15) is 13.2 Å². The van der Waals surface area contributed by atoms with Crippen LogP contribution in [0.3, 0.4) is 0 Å². The normalized spacial score (nSPS) is 13.4. The smallest absolute Gasteiger partial charge is 0.451 e. The first kappa shape index (κ1) is 17.2. The summed E-state index contributed by atoms with van der Waals surface area (Å²) in [5.74, 6) is -0.295. The van der Waals surface area contributed by atoms with Crippen molar-refractivity contribution in [1.29, 1.82) is 0 Å². The van der Waals surface area contributed by atoms with Crippen molar-refractivity contribution in [2.75, 3.05) is 26.0 Å². The third-order valence-corrected chi connectivity index (χ3v) is 3.81. The van der Waals surface area contributed by atoms with Gasteiger partial charge in [0.05, 0.1) is 17.8 Å². The predicted octanol–water partition coefficient (Wildman–Crippen LogP) is 3.96. The van der Waals surface area contributed by atoms with Crippen molar-refractivity contribution in [2.24, 2.45) is 0 Å². The Hall–Kier alpha value is -2.61. The van der Waals surface area contributed by atoms with E-state index >= 15 is 0 Å². The lowest BCUT2D eigenvalue weighted by Gasteiger charge is -2.23. The fourth-order valence-corrected chi connectivity index (χ4v) is 2.55. The number of halogens is 3. The van der Waals surface area contributed by atoms with Crippen molar-refractivity contribution in [3.8, 4) is 0 Å². The van der Waals surface area contributed by atoms with Crippen molar-refractivity contribution in [3.63, 3.8) is 0 Å². The second-order valence-corrected chi connectivity index (χ2v) is 5.79. The first-order chi connectivity index (χ1) is 11.9. The molecule has 132 valence electrons. The van der Waals surface area contributed by atoms with Crippen molar-refractivity contribution >= 4 is 16.7 Å². The van der Waals surface area contributed by atoms with E-state index in [0.717, 1.165) is 0 Å². The molecule has 0 radical (unpaired) electrons. The summed E-state index contributed by atoms with van der Waals surface area (Å²) >= 11 is 0. The van der Waals surface area contributed by atoms with Crippen LogP contribution < -0.4 is 5.32 Å². The van der Waals surface area contributed by atoms with Crippen LogP contribution in [0.25, 0.3) is 10.9 Å². The van der Waals surface area contributed by atoms with Gasteiger partial charge in [0, 0.05) is 11.9 Å². The highest BCUT2D eigenvalue weighted by molar-refractivity contribution is 5.89. The van der Waals surface area contributed by atoms with Gasteiger partial charge < -0.3 is 9.73 Å². The molecule has 1 atom stereocenters. The highest BCUT2D eigenvalue weighted by Crippen LogP contribution is 2.30. The van der Waals surface area contributed by atoms with E-state index in [1.54, 1.807) is 30.5 Å². The molecule has 3 aromatic rings. The van der Waals surface area contributed by atoms with Crippen LogP contribution in [0.2, 0.25) is 0 Å². The minimum Gasteiger partial charge on any atom is -0.468 e. The van der Waals surface area contributed by atoms with Gasteiger partial charge in [-0.25, -0.2) is 9.97 Å². The standard InChI is InChI=1S/C17H17F3N4O/c1-24(2)13(14-8-5-9-25-14)10-21-15-11-6-3-4-7-12(11)22-16(23-15)17(18,19)20/h3-9,13H,10H2,1-2H3,(H,21,22,23)/t13-/m1/s1. The number of aromatic nitrogens is 2. The van der Waals surface area contributed by atoms with Crippen LogP contribution >= 0.6 is 0 Å². The number of likely N-dealkylation sites (N-methyl/N-ethyl adjacent to an activating group) is 1. The minimum absolute atomic E-state index is 0.149. The number of hydrogen-bond donors (Lipinski definition) is 1. The third-order valence-electron chi connectivity index (χ3n) is 3.81. The summed E-state index contributed by atoms with van der Waals surface area (Å²) in [7, 11) is 3.74. The van der Waals surface area contributed by atoms with Gasteiger partial charge in [0.15, 0.2) is 0 Å². The van der Waals surface area contributed by atoms with Gasteiger partial charge in [0.25, 0.3) is 0 Å². The molecular weight excluding hydrogens is 333 g/mol. The quantitative estimate of drug-likeness (QED) is 0.755. The lowest BCUT2D eigenvalue weighted by Crippen LogP contribution is -2.27. The molecule has 0 bridgehead atoms. The highest BCUT2D eigenvalue weighted by atomic mass is 19.4. The summed E-state index contributed by atoms with van der Waals surface area (Å²) in [6.45, 7) is 0.332. The molecule has 2 heterocycles. The average molecular weight is 350 g/mol. The summed E-state index contributed by atoms with van der Waals surface area (Å²) in [4.78, 5) is 9.22. The SMILES string of the molecule is CN(C)[C@H](CNc1nc(C(F)(F)F)nc2ccccc12)c1ccco1. The number of nitrogens with zero attached hydrogens (tertiary/aromatic N) is 3. The van der Waals surface area contributed by atoms with E-state index in [-0.39, 0.29) is 17.4 Å². The maximum absolute atomic E-state index is 13.1. The van der Waals surface area contributed by atoms with Crippen LogP contribution in [0.4, 0.5) is 19.0 Å². The molecule has 0 saturated carbocycles. The fraction of sp³-hybridized carbons (Fsp3) is 0.294. The molecule has 1 N–H and O–H groups in total. The molecule has 2 aromatic heterocycles. The Kier molecular flexibility index (Phi) is 4.63. The predicted molar refractivity (Wildman–Crippen MR) is 88.2 cm³/mol. The molecule has 0 spiro atoms. The molecule has 1 aromatic carbocycles. The van der Waals surface area contributed by atoms with Crippen molar-refractivity contribution in [2.45, 2.75) is 12.2 Å². The summed E-state index contributed by atoms with van der Waals surface area (Å²) in [6, 6.07) is 10.0. The molecule has 0 fully saturated rings. The van der Waals surface area contributed by atoms with Gasteiger partial charge in [0.1, 0.15) is 11.6 Å². The van der Waals surface area contributed by atoms with Crippen LogP contribution in [-0.4, -0.2) is 35.5 Å². The van der Waals surface area contributed by atoms with Crippen molar-refractivity contribution in [1.82, 2.24) is 14.9 Å². The highest BCUT2D eigenvalue weighted by Gasteiger charge is 2.35. The van der Waals surface area contributed by atoms with Crippen LogP contribution in [0.15, 0.2) is 47.1 Å². The van der Waals surface area contributed by atoms with E-state index in [9.17, 15) is 13.2 Å². The Morgan fingerprint density at radius 1 is 1.12 bits per heavy atom. The molecule has 5 nitrogen and oxygen atoms in total. The van der Waals surface area contributed by atoms with Crippen molar-refractivity contribution < 1.29 is 17.6 Å². The first-order valence-electron chi connectivity index (χ1n) is 7.64. The number of anilines is 1. The van der Waals surface area contributed by atoms with Crippen LogP contribution in [0, 0.1) is 0 Å². The third kappa shape index (κ3) is 3.74. The first-order valence-corrected chi connectivity index (χ1v) is 7.64. The molecule has 0 saturated heterocycles. The lowest BCUT2D eigenvalue weighted by atomic mass is 10.2. The van der Waals surface area contributed by atoms with Gasteiger partial charge in [-0.05, 0) is 38.4 Å². The Labute approximate surface area is 142 Å². The van der Waals surface area contributed by atoms with Gasteiger partial charge >= 0.3 is 6.18 Å². The number of furan rings is 1. The van der Waals surface area contributed by atoms with E-state index in [1.165, 1.54) is 6.07 Å². The zero-order valence-corrected chi connectivity index (χ0v) is 13.7. The van der Waals surface area contributed by atoms with Crippen molar-refractivity contribution in [3.05, 3.63) is 54.2 Å². The zero-order valence-electron chi connectivity index (χ0n) is 13.7. The molecular formula is C17H17F3N4O. The number of nitrogens with one attached hydrogen (secondary N) is 1. The fourth-order valence-electron chi connectivity index (χ4n) is 2.55. The molecule has 0 aliphatic heterocycles. The summed E-state index contributed by atoms with van der Waals surface area (Å²) in [5.41, 5.74) is 0.242. The monoisotopic (exact) mass is 350 g/mol. The Bertz CT molecular complexity index is 847. The molecule has 0 unspecified atom stereocenters. The topological polar surface area (TPSA) is 54.2 Å². The summed E-state index contributed by atoms with van der Waals surface area (Å²) in [5, 5.41) is 3.55. The molecule has 0 aliphatic rings. The van der Waals surface area contributed by atoms with Crippen LogP contribution in [0.1, 0.15) is 17.6 Å². The number of fused-ring (bicyclic) bond motifs is 1.